The Morgan fingerprint density at radius 1 is 1.00 bits per heavy atom. The van der Waals surface area contributed by atoms with Crippen LogP contribution in [-0.4, -0.2) is 32.1 Å². The van der Waals surface area contributed by atoms with Crippen molar-refractivity contribution in [1.29, 1.82) is 0 Å². The molecule has 0 spiro atoms. The van der Waals surface area contributed by atoms with Crippen molar-refractivity contribution < 1.29 is 19.1 Å². The van der Waals surface area contributed by atoms with Crippen LogP contribution in [0.2, 0.25) is 5.02 Å². The lowest BCUT2D eigenvalue weighted by Gasteiger charge is -2.57. The molecule has 6 heteroatoms. The molecule has 1 amide bonds. The van der Waals surface area contributed by atoms with E-state index in [0.717, 1.165) is 58.5 Å². The highest BCUT2D eigenvalue weighted by Crippen LogP contribution is 2.61. The van der Waals surface area contributed by atoms with Crippen LogP contribution in [0, 0.1) is 35.5 Å². The van der Waals surface area contributed by atoms with E-state index in [1.54, 1.807) is 0 Å². The molecule has 0 aromatic heterocycles. The third-order valence-corrected chi connectivity index (χ3v) is 10.1. The fraction of sp³-hybridized carbons (Fsp3) is 0.576. The molecule has 210 valence electrons. The first kappa shape index (κ1) is 28.0. The van der Waals surface area contributed by atoms with E-state index in [9.17, 15) is 9.59 Å². The van der Waals surface area contributed by atoms with Crippen molar-refractivity contribution in [1.82, 2.24) is 5.32 Å². The van der Waals surface area contributed by atoms with Gasteiger partial charge in [-0.25, -0.2) is 0 Å². The summed E-state index contributed by atoms with van der Waals surface area (Å²) in [5.74, 6) is 4.85. The summed E-state index contributed by atoms with van der Waals surface area (Å²) in [7, 11) is 1.40. The number of halogens is 1. The highest BCUT2D eigenvalue weighted by molar-refractivity contribution is 6.31. The molecule has 2 unspecified atom stereocenters. The highest BCUT2D eigenvalue weighted by Gasteiger charge is 2.53. The van der Waals surface area contributed by atoms with Gasteiger partial charge in [0.1, 0.15) is 5.75 Å². The first-order valence-corrected chi connectivity index (χ1v) is 14.7. The van der Waals surface area contributed by atoms with E-state index < -0.39 is 0 Å². The quantitative estimate of drug-likeness (QED) is 0.263. The molecule has 39 heavy (non-hydrogen) atoms. The highest BCUT2D eigenvalue weighted by atomic mass is 35.5. The van der Waals surface area contributed by atoms with Crippen molar-refractivity contribution in [3.63, 3.8) is 0 Å². The Morgan fingerprint density at radius 3 is 2.26 bits per heavy atom. The van der Waals surface area contributed by atoms with E-state index >= 15 is 0 Å². The monoisotopic (exact) mass is 551 g/mol. The van der Waals surface area contributed by atoms with Crippen molar-refractivity contribution in [3.8, 4) is 16.9 Å². The lowest BCUT2D eigenvalue weighted by Crippen LogP contribution is -2.49. The first-order chi connectivity index (χ1) is 18.5. The number of nitrogens with one attached hydrogen (secondary N) is 1. The van der Waals surface area contributed by atoms with Gasteiger partial charge >= 0.3 is 5.97 Å². The fourth-order valence-electron chi connectivity index (χ4n) is 8.43. The Labute approximate surface area is 238 Å². The number of rotatable bonds is 9. The number of carbonyl (C=O) groups is 2. The van der Waals surface area contributed by atoms with Gasteiger partial charge < -0.3 is 14.8 Å². The molecule has 5 fully saturated rings. The van der Waals surface area contributed by atoms with Gasteiger partial charge in [0, 0.05) is 29.8 Å². The number of amides is 1. The van der Waals surface area contributed by atoms with Crippen molar-refractivity contribution in [2.75, 3.05) is 20.3 Å². The molecule has 5 nitrogen and oxygen atoms in total. The smallest absolute Gasteiger partial charge is 0.305 e. The molecule has 1 N–H and O–H groups in total. The molecule has 1 aliphatic heterocycles. The van der Waals surface area contributed by atoms with E-state index in [1.807, 2.05) is 24.3 Å². The van der Waals surface area contributed by atoms with Crippen molar-refractivity contribution in [2.45, 2.75) is 64.7 Å². The maximum atomic E-state index is 13.0. The zero-order valence-corrected chi connectivity index (χ0v) is 22.9. The van der Waals surface area contributed by atoms with E-state index in [4.69, 9.17) is 16.3 Å². The van der Waals surface area contributed by atoms with Crippen LogP contribution in [0.4, 0.5) is 0 Å². The van der Waals surface area contributed by atoms with Gasteiger partial charge in [-0.3, -0.25) is 9.59 Å². The van der Waals surface area contributed by atoms with Gasteiger partial charge in [-0.05, 0) is 109 Å². The summed E-state index contributed by atoms with van der Waals surface area (Å²) in [6, 6.07) is 14.4. The minimum Gasteiger partial charge on any atom is -0.494 e. The number of carbonyl (C=O) groups excluding carboxylic acids is 2. The van der Waals surface area contributed by atoms with Crippen LogP contribution < -0.4 is 10.1 Å². The minimum atomic E-state index is -0.219. The predicted octanol–water partition coefficient (Wildman–Crippen LogP) is 7.27. The molecule has 5 aliphatic rings. The lowest BCUT2D eigenvalue weighted by molar-refractivity contribution is -0.140. The van der Waals surface area contributed by atoms with Gasteiger partial charge in [0.05, 0.1) is 13.7 Å². The molecule has 4 aliphatic carbocycles. The summed E-state index contributed by atoms with van der Waals surface area (Å²) in [6.07, 6.45) is 8.68. The summed E-state index contributed by atoms with van der Waals surface area (Å²) < 4.78 is 10.4. The molecule has 2 aromatic rings. The van der Waals surface area contributed by atoms with E-state index in [-0.39, 0.29) is 31.1 Å². The SMILES string of the molecule is C.COC(=O)CCCOc1ccc(-c2ccc(C(C3CCNC3=O)C3C4CC5CC(C4)CC3C5)c(Cl)c2)cc1. The Kier molecular flexibility index (Phi) is 8.56. The van der Waals surface area contributed by atoms with Gasteiger partial charge in [-0.15, -0.1) is 0 Å². The van der Waals surface area contributed by atoms with E-state index in [1.165, 1.54) is 44.8 Å². The first-order valence-electron chi connectivity index (χ1n) is 14.4. The molecule has 2 aromatic carbocycles. The second-order valence-electron chi connectivity index (χ2n) is 12.0. The predicted molar refractivity (Wildman–Crippen MR) is 155 cm³/mol. The lowest BCUT2D eigenvalue weighted by atomic mass is 9.48. The third-order valence-electron chi connectivity index (χ3n) is 9.81. The van der Waals surface area contributed by atoms with Gasteiger partial charge in [0.25, 0.3) is 0 Å². The molecular weight excluding hydrogens is 510 g/mol. The van der Waals surface area contributed by atoms with E-state index in [2.05, 4.69) is 28.3 Å². The maximum absolute atomic E-state index is 13.0. The Bertz CT molecular complexity index is 1150. The molecule has 4 bridgehead atoms. The zero-order chi connectivity index (χ0) is 26.2. The summed E-state index contributed by atoms with van der Waals surface area (Å²) >= 11 is 7.07. The zero-order valence-electron chi connectivity index (χ0n) is 22.2. The molecule has 1 heterocycles. The Hall–Kier alpha value is -2.53. The molecule has 2 atom stereocenters. The third kappa shape index (κ3) is 5.70. The number of benzene rings is 2. The van der Waals surface area contributed by atoms with Gasteiger partial charge in [0.2, 0.25) is 5.91 Å². The second-order valence-corrected chi connectivity index (χ2v) is 12.4. The van der Waals surface area contributed by atoms with Gasteiger partial charge in [0.15, 0.2) is 0 Å². The van der Waals surface area contributed by atoms with Crippen LogP contribution in [0.15, 0.2) is 42.5 Å². The average Bonchev–Trinajstić information content (AvgIpc) is 3.34. The standard InChI is InChI=1S/C32H38ClNO4.CH4/c1-37-29(35)3-2-12-38-25-7-4-21(5-8-25)22-6-9-26(28(33)18-22)31(27-10-11-34-32(27)36)30-23-14-19-13-20(16-23)17-24(30)15-19;/h4-9,18-20,23-24,27,30-31H,2-3,10-17H2,1H3,(H,34,36);1H4. The second kappa shape index (κ2) is 11.9. The Balaban J connectivity index is 0.00000308. The number of methoxy groups -OCH3 is 1. The van der Waals surface area contributed by atoms with Crippen LogP contribution in [0.25, 0.3) is 11.1 Å². The van der Waals surface area contributed by atoms with E-state index in [0.29, 0.717) is 25.4 Å². The van der Waals surface area contributed by atoms with Crippen molar-refractivity contribution in [2.24, 2.45) is 35.5 Å². The largest absolute Gasteiger partial charge is 0.494 e. The van der Waals surface area contributed by atoms with Gasteiger partial charge in [-0.1, -0.05) is 43.3 Å². The van der Waals surface area contributed by atoms with Crippen LogP contribution in [0.1, 0.15) is 70.3 Å². The number of ether oxygens (including phenoxy) is 2. The average molecular weight is 552 g/mol. The molecule has 1 saturated heterocycles. The molecule has 4 saturated carbocycles. The maximum Gasteiger partial charge on any atom is 0.305 e. The topological polar surface area (TPSA) is 64.6 Å². The van der Waals surface area contributed by atoms with Crippen LogP contribution >= 0.6 is 11.6 Å². The molecule has 7 rings (SSSR count). The normalized spacial score (nSPS) is 29.4. The fourth-order valence-corrected chi connectivity index (χ4v) is 8.74. The molecular formula is C33H42ClNO4. The van der Waals surface area contributed by atoms with Crippen molar-refractivity contribution >= 4 is 23.5 Å². The molecule has 0 radical (unpaired) electrons. The summed E-state index contributed by atoms with van der Waals surface area (Å²) in [5, 5.41) is 3.90. The summed E-state index contributed by atoms with van der Waals surface area (Å²) in [5.41, 5.74) is 3.31. The van der Waals surface area contributed by atoms with Crippen LogP contribution in [0.3, 0.4) is 0 Å². The number of hydrogen-bond acceptors (Lipinski definition) is 4. The summed E-state index contributed by atoms with van der Waals surface area (Å²) in [6.45, 7) is 1.25. The number of esters is 1. The number of hydrogen-bond donors (Lipinski definition) is 1. The minimum absolute atomic E-state index is 0. The van der Waals surface area contributed by atoms with Crippen LogP contribution in [0.5, 0.6) is 5.75 Å². The van der Waals surface area contributed by atoms with Crippen molar-refractivity contribution in [3.05, 3.63) is 53.1 Å². The van der Waals surface area contributed by atoms with Crippen LogP contribution in [-0.2, 0) is 14.3 Å². The summed E-state index contributed by atoms with van der Waals surface area (Å²) in [4.78, 5) is 24.3. The Morgan fingerprint density at radius 2 is 1.67 bits per heavy atom. The van der Waals surface area contributed by atoms with Gasteiger partial charge in [-0.2, -0.15) is 0 Å².